The lowest BCUT2D eigenvalue weighted by molar-refractivity contribution is -0.0482. The molecule has 24 heavy (non-hydrogen) atoms. The van der Waals surface area contributed by atoms with Gasteiger partial charge < -0.3 is 9.64 Å². The minimum absolute atomic E-state index is 0.00688. The van der Waals surface area contributed by atoms with Crippen molar-refractivity contribution in [1.82, 2.24) is 4.90 Å². The maximum atomic E-state index is 12.7. The van der Waals surface area contributed by atoms with Gasteiger partial charge in [0.05, 0.1) is 18.9 Å². The molecule has 2 unspecified atom stereocenters. The van der Waals surface area contributed by atoms with Crippen molar-refractivity contribution in [1.29, 1.82) is 0 Å². The van der Waals surface area contributed by atoms with E-state index >= 15 is 0 Å². The van der Waals surface area contributed by atoms with Crippen LogP contribution in [0.15, 0.2) is 0 Å². The molecule has 3 rings (SSSR count). The Morgan fingerprint density at radius 3 is 2.29 bits per heavy atom. The minimum Gasteiger partial charge on any atom is -0.444 e. The molecule has 5 atom stereocenters. The van der Waals surface area contributed by atoms with E-state index in [0.717, 1.165) is 19.1 Å². The van der Waals surface area contributed by atoms with Crippen molar-refractivity contribution >= 4 is 16.2 Å². The van der Waals surface area contributed by atoms with Crippen LogP contribution >= 0.6 is 0 Å². The highest BCUT2D eigenvalue weighted by atomic mass is 32.2. The van der Waals surface area contributed by atoms with Gasteiger partial charge in [0.2, 0.25) is 0 Å². The zero-order chi connectivity index (χ0) is 18.3. The van der Waals surface area contributed by atoms with Crippen molar-refractivity contribution in [3.05, 3.63) is 0 Å². The van der Waals surface area contributed by atoms with Gasteiger partial charge in [-0.1, -0.05) is 13.8 Å². The molecule has 1 saturated carbocycles. The van der Waals surface area contributed by atoms with Crippen LogP contribution in [0.5, 0.6) is 0 Å². The Balaban J connectivity index is 2.21. The van der Waals surface area contributed by atoms with Gasteiger partial charge in [-0.15, -0.1) is 0 Å². The summed E-state index contributed by atoms with van der Waals surface area (Å²) in [5, 5.41) is 0. The van der Waals surface area contributed by atoms with Crippen molar-refractivity contribution in [2.75, 3.05) is 19.4 Å². The van der Waals surface area contributed by atoms with Crippen molar-refractivity contribution in [2.45, 2.75) is 59.1 Å². The van der Waals surface area contributed by atoms with Gasteiger partial charge in [0.15, 0.2) is 0 Å². The predicted octanol–water partition coefficient (Wildman–Crippen LogP) is 2.88. The van der Waals surface area contributed by atoms with Crippen molar-refractivity contribution in [3.8, 4) is 0 Å². The van der Waals surface area contributed by atoms with Gasteiger partial charge in [-0.05, 0) is 57.3 Å². The Morgan fingerprint density at radius 2 is 1.79 bits per heavy atom. The number of ether oxygens (including phenoxy) is 1. The number of rotatable bonds is 3. The smallest absolute Gasteiger partial charge is 0.410 e. The first kappa shape index (κ1) is 19.5. The van der Waals surface area contributed by atoms with Gasteiger partial charge in [0, 0.05) is 6.54 Å². The Kier molecular flexibility index (Phi) is 5.55. The van der Waals surface area contributed by atoms with E-state index in [1.54, 1.807) is 4.90 Å². The molecule has 1 aliphatic carbocycles. The summed E-state index contributed by atoms with van der Waals surface area (Å²) in [6.45, 7) is 10.4. The summed E-state index contributed by atoms with van der Waals surface area (Å²) < 4.78 is 33.4. The SMILES string of the molecule is CC1C2C[C@H]1CN(C(=O)OC(C)(C)C)[C@H](COS(C)(=O)=O)[C@H](C)C2. The lowest BCUT2D eigenvalue weighted by atomic mass is 9.61. The van der Waals surface area contributed by atoms with Crippen LogP contribution in [-0.2, 0) is 19.0 Å². The third kappa shape index (κ3) is 4.85. The molecule has 2 aliphatic heterocycles. The average Bonchev–Trinajstić information content (AvgIpc) is 2.37. The summed E-state index contributed by atoms with van der Waals surface area (Å²) in [6.07, 6.45) is 2.77. The Labute approximate surface area is 146 Å². The van der Waals surface area contributed by atoms with Crippen LogP contribution in [0.2, 0.25) is 0 Å². The molecule has 7 heteroatoms. The van der Waals surface area contributed by atoms with E-state index < -0.39 is 15.7 Å². The van der Waals surface area contributed by atoms with E-state index in [4.69, 9.17) is 8.92 Å². The Bertz CT molecular complexity index is 568. The molecule has 2 bridgehead atoms. The van der Waals surface area contributed by atoms with Crippen LogP contribution in [0.1, 0.15) is 47.5 Å². The van der Waals surface area contributed by atoms with Crippen LogP contribution in [0.25, 0.3) is 0 Å². The second kappa shape index (κ2) is 6.83. The number of hydrogen-bond donors (Lipinski definition) is 0. The Hall–Kier alpha value is -0.820. The quantitative estimate of drug-likeness (QED) is 0.723. The summed E-state index contributed by atoms with van der Waals surface area (Å²) in [5.41, 5.74) is -0.585. The molecule has 0 aromatic rings. The van der Waals surface area contributed by atoms with Crippen molar-refractivity contribution in [3.63, 3.8) is 0 Å². The highest BCUT2D eigenvalue weighted by Crippen LogP contribution is 2.47. The predicted molar refractivity (Wildman–Crippen MR) is 92.1 cm³/mol. The second-order valence-electron chi connectivity index (χ2n) is 8.52. The van der Waals surface area contributed by atoms with Crippen molar-refractivity contribution in [2.24, 2.45) is 23.7 Å². The van der Waals surface area contributed by atoms with E-state index in [1.165, 1.54) is 0 Å². The number of nitrogens with zero attached hydrogens (tertiary/aromatic N) is 1. The molecule has 0 N–H and O–H groups in total. The topological polar surface area (TPSA) is 72.9 Å². The molecular formula is C17H31NO5S. The van der Waals surface area contributed by atoms with Crippen LogP contribution in [0, 0.1) is 23.7 Å². The van der Waals surface area contributed by atoms with Crippen LogP contribution in [0.3, 0.4) is 0 Å². The molecule has 6 nitrogen and oxygen atoms in total. The molecule has 0 aromatic carbocycles. The zero-order valence-electron chi connectivity index (χ0n) is 15.6. The number of hydrogen-bond acceptors (Lipinski definition) is 5. The minimum atomic E-state index is -3.54. The fourth-order valence-electron chi connectivity index (χ4n) is 3.87. The molecular weight excluding hydrogens is 330 g/mol. The summed E-state index contributed by atoms with van der Waals surface area (Å²) in [6, 6.07) is -0.285. The highest BCUT2D eigenvalue weighted by Gasteiger charge is 2.46. The lowest BCUT2D eigenvalue weighted by Gasteiger charge is -2.51. The monoisotopic (exact) mass is 361 g/mol. The fourth-order valence-corrected chi connectivity index (χ4v) is 4.25. The lowest BCUT2D eigenvalue weighted by Crippen LogP contribution is -2.56. The van der Waals surface area contributed by atoms with E-state index in [9.17, 15) is 13.2 Å². The summed E-state index contributed by atoms with van der Waals surface area (Å²) >= 11 is 0. The van der Waals surface area contributed by atoms with E-state index in [2.05, 4.69) is 13.8 Å². The fraction of sp³-hybridized carbons (Fsp3) is 0.941. The van der Waals surface area contributed by atoms with Crippen molar-refractivity contribution < 1.29 is 22.1 Å². The largest absolute Gasteiger partial charge is 0.444 e. The molecule has 1 amide bonds. The molecule has 3 aliphatic rings. The third-order valence-corrected chi connectivity index (χ3v) is 5.90. The molecule has 2 saturated heterocycles. The summed E-state index contributed by atoms with van der Waals surface area (Å²) in [5.74, 6) is 1.87. The highest BCUT2D eigenvalue weighted by molar-refractivity contribution is 7.85. The number of carbonyl (C=O) groups is 1. The van der Waals surface area contributed by atoms with Gasteiger partial charge in [0.25, 0.3) is 10.1 Å². The molecule has 2 heterocycles. The molecule has 0 radical (unpaired) electrons. The maximum Gasteiger partial charge on any atom is 0.410 e. The summed E-state index contributed by atoms with van der Waals surface area (Å²) in [7, 11) is -3.54. The molecule has 140 valence electrons. The normalized spacial score (nSPS) is 34.1. The Morgan fingerprint density at radius 1 is 1.17 bits per heavy atom. The first-order valence-electron chi connectivity index (χ1n) is 8.71. The van der Waals surface area contributed by atoms with E-state index in [1.807, 2.05) is 20.8 Å². The molecule has 0 spiro atoms. The first-order valence-corrected chi connectivity index (χ1v) is 10.5. The molecule has 3 fully saturated rings. The average molecular weight is 362 g/mol. The number of carbonyl (C=O) groups excluding carboxylic acids is 1. The van der Waals surface area contributed by atoms with Gasteiger partial charge in [-0.3, -0.25) is 4.18 Å². The van der Waals surface area contributed by atoms with E-state index in [0.29, 0.717) is 24.3 Å². The van der Waals surface area contributed by atoms with Crippen LogP contribution in [-0.4, -0.2) is 50.5 Å². The zero-order valence-corrected chi connectivity index (χ0v) is 16.4. The second-order valence-corrected chi connectivity index (χ2v) is 10.2. The number of fused-ring (bicyclic) bond motifs is 4. The van der Waals surface area contributed by atoms with E-state index in [-0.39, 0.29) is 24.7 Å². The van der Waals surface area contributed by atoms with Crippen LogP contribution < -0.4 is 0 Å². The van der Waals surface area contributed by atoms with Gasteiger partial charge in [0.1, 0.15) is 5.60 Å². The number of amides is 1. The standard InChI is InChI=1S/C17H31NO5S/c1-11-7-13-8-14(12(13)2)9-18(16(19)23-17(3,4)5)15(11)10-22-24(6,20)21/h11-15H,7-10H2,1-6H3/t11-,12?,13?,14+,15-/m1/s1. The van der Waals surface area contributed by atoms with Gasteiger partial charge >= 0.3 is 6.09 Å². The summed E-state index contributed by atoms with van der Waals surface area (Å²) in [4.78, 5) is 14.4. The molecule has 0 aromatic heterocycles. The van der Waals surface area contributed by atoms with Gasteiger partial charge in [-0.2, -0.15) is 8.42 Å². The maximum absolute atomic E-state index is 12.7. The third-order valence-electron chi connectivity index (χ3n) is 5.34. The van der Waals surface area contributed by atoms with Crippen LogP contribution in [0.4, 0.5) is 4.79 Å². The van der Waals surface area contributed by atoms with Gasteiger partial charge in [-0.25, -0.2) is 4.79 Å². The first-order chi connectivity index (χ1) is 10.9.